The van der Waals surface area contributed by atoms with Crippen LogP contribution in [0.3, 0.4) is 0 Å². The van der Waals surface area contributed by atoms with Crippen molar-refractivity contribution in [3.05, 3.63) is 28.3 Å². The Bertz CT molecular complexity index is 896. The summed E-state index contributed by atoms with van der Waals surface area (Å²) in [6.45, 7) is 9.26. The molecule has 9 nitrogen and oxygen atoms in total. The van der Waals surface area contributed by atoms with Crippen molar-refractivity contribution in [2.24, 2.45) is 13.0 Å². The summed E-state index contributed by atoms with van der Waals surface area (Å²) in [6, 6.07) is 0.0129. The highest BCUT2D eigenvalue weighted by molar-refractivity contribution is 6.05. The molecule has 0 unspecified atom stereocenters. The van der Waals surface area contributed by atoms with Gasteiger partial charge in [0, 0.05) is 32.4 Å². The maximum Gasteiger partial charge on any atom is 0.276 e. The molecule has 1 aliphatic heterocycles. The lowest BCUT2D eigenvalue weighted by molar-refractivity contribution is 0.0776. The number of nitrogens with zero attached hydrogens (tertiary/aromatic N) is 6. The average Bonchev–Trinajstić information content (AvgIpc) is 3.13. The van der Waals surface area contributed by atoms with Gasteiger partial charge in [-0.1, -0.05) is 19.1 Å². The molecule has 2 amide bonds. The lowest BCUT2D eigenvalue weighted by Gasteiger charge is -2.26. The fraction of sp³-hybridized carbons (Fsp3) is 0.632. The van der Waals surface area contributed by atoms with Crippen LogP contribution in [-0.2, 0) is 20.0 Å². The van der Waals surface area contributed by atoms with Gasteiger partial charge < -0.3 is 10.2 Å². The molecule has 0 spiro atoms. The highest BCUT2D eigenvalue weighted by atomic mass is 16.2. The van der Waals surface area contributed by atoms with Gasteiger partial charge in [-0.15, -0.1) is 5.10 Å². The van der Waals surface area contributed by atoms with Crippen LogP contribution in [0.1, 0.15) is 58.2 Å². The van der Waals surface area contributed by atoms with Crippen molar-refractivity contribution in [3.8, 4) is 0 Å². The zero-order chi connectivity index (χ0) is 20.6. The summed E-state index contributed by atoms with van der Waals surface area (Å²) in [4.78, 5) is 27.0. The standard InChI is InChI=1S/C19H29N7O2/c1-11(2)9-14-10-26-17(18(27)20-14)16(21-23-26)19(28)24(5)8-7-15-12(3)22-25(6)13(15)4/h11,14H,7-10H2,1-6H3,(H,20,27)/t14-/m0/s1. The Kier molecular flexibility index (Phi) is 5.53. The van der Waals surface area contributed by atoms with Gasteiger partial charge in [-0.25, -0.2) is 4.68 Å². The molecule has 28 heavy (non-hydrogen) atoms. The first-order valence-electron chi connectivity index (χ1n) is 9.67. The van der Waals surface area contributed by atoms with Crippen LogP contribution in [-0.4, -0.2) is 61.1 Å². The van der Waals surface area contributed by atoms with E-state index in [2.05, 4.69) is 34.6 Å². The third kappa shape index (κ3) is 3.79. The molecule has 0 saturated heterocycles. The van der Waals surface area contributed by atoms with E-state index in [1.165, 1.54) is 0 Å². The second-order valence-electron chi connectivity index (χ2n) is 8.02. The SMILES string of the molecule is Cc1nn(C)c(C)c1CCN(C)C(=O)c1nnn2c1C(=O)N[C@@H](CC(C)C)C2. The van der Waals surface area contributed by atoms with Crippen LogP contribution in [0.25, 0.3) is 0 Å². The Morgan fingerprint density at radius 3 is 2.68 bits per heavy atom. The lowest BCUT2D eigenvalue weighted by Crippen LogP contribution is -2.46. The van der Waals surface area contributed by atoms with E-state index in [-0.39, 0.29) is 29.2 Å². The first kappa shape index (κ1) is 20.0. The summed E-state index contributed by atoms with van der Waals surface area (Å²) in [5.74, 6) is -0.113. The van der Waals surface area contributed by atoms with E-state index >= 15 is 0 Å². The van der Waals surface area contributed by atoms with Gasteiger partial charge in [0.15, 0.2) is 11.4 Å². The van der Waals surface area contributed by atoms with Crippen molar-refractivity contribution in [3.63, 3.8) is 0 Å². The molecule has 3 heterocycles. The van der Waals surface area contributed by atoms with Crippen molar-refractivity contribution < 1.29 is 9.59 Å². The average molecular weight is 387 g/mol. The number of rotatable bonds is 6. The predicted molar refractivity (Wildman–Crippen MR) is 104 cm³/mol. The molecule has 1 aliphatic rings. The second-order valence-corrected chi connectivity index (χ2v) is 8.02. The van der Waals surface area contributed by atoms with Crippen LogP contribution < -0.4 is 5.32 Å². The van der Waals surface area contributed by atoms with Gasteiger partial charge in [0.2, 0.25) is 0 Å². The minimum atomic E-state index is -0.294. The molecule has 2 aromatic rings. The minimum Gasteiger partial charge on any atom is -0.346 e. The first-order valence-corrected chi connectivity index (χ1v) is 9.67. The summed E-state index contributed by atoms with van der Waals surface area (Å²) < 4.78 is 3.41. The van der Waals surface area contributed by atoms with Crippen molar-refractivity contribution in [1.82, 2.24) is 35.0 Å². The van der Waals surface area contributed by atoms with Gasteiger partial charge in [-0.3, -0.25) is 14.3 Å². The number of hydrogen-bond donors (Lipinski definition) is 1. The van der Waals surface area contributed by atoms with Crippen LogP contribution in [0.5, 0.6) is 0 Å². The monoisotopic (exact) mass is 387 g/mol. The lowest BCUT2D eigenvalue weighted by atomic mass is 10.0. The van der Waals surface area contributed by atoms with Crippen molar-refractivity contribution in [2.75, 3.05) is 13.6 Å². The van der Waals surface area contributed by atoms with E-state index < -0.39 is 0 Å². The zero-order valence-corrected chi connectivity index (χ0v) is 17.5. The van der Waals surface area contributed by atoms with Crippen molar-refractivity contribution >= 4 is 11.8 Å². The Morgan fingerprint density at radius 1 is 1.36 bits per heavy atom. The van der Waals surface area contributed by atoms with E-state index in [0.717, 1.165) is 23.4 Å². The van der Waals surface area contributed by atoms with Gasteiger partial charge in [-0.2, -0.15) is 5.10 Å². The van der Waals surface area contributed by atoms with Gasteiger partial charge in [0.05, 0.1) is 12.2 Å². The Labute approximate surface area is 165 Å². The maximum absolute atomic E-state index is 12.9. The highest BCUT2D eigenvalue weighted by Crippen LogP contribution is 2.18. The maximum atomic E-state index is 12.9. The summed E-state index contributed by atoms with van der Waals surface area (Å²) in [6.07, 6.45) is 1.55. The van der Waals surface area contributed by atoms with Gasteiger partial charge >= 0.3 is 0 Å². The Morgan fingerprint density at radius 2 is 2.07 bits per heavy atom. The molecule has 1 N–H and O–H groups in total. The molecule has 0 bridgehead atoms. The summed E-state index contributed by atoms with van der Waals surface area (Å²) in [7, 11) is 3.63. The smallest absolute Gasteiger partial charge is 0.276 e. The molecule has 9 heteroatoms. The van der Waals surface area contributed by atoms with Gasteiger partial charge in [-0.05, 0) is 38.2 Å². The number of hydrogen-bond acceptors (Lipinski definition) is 5. The molecule has 0 fully saturated rings. The number of aromatic nitrogens is 5. The number of carbonyl (C=O) groups is 2. The summed E-state index contributed by atoms with van der Waals surface area (Å²) in [5, 5.41) is 15.5. The van der Waals surface area contributed by atoms with Crippen LogP contribution in [0.4, 0.5) is 0 Å². The van der Waals surface area contributed by atoms with Crippen LogP contribution in [0, 0.1) is 19.8 Å². The molecule has 0 radical (unpaired) electrons. The zero-order valence-electron chi connectivity index (χ0n) is 17.5. The van der Waals surface area contributed by atoms with E-state index in [4.69, 9.17) is 0 Å². The number of amides is 2. The highest BCUT2D eigenvalue weighted by Gasteiger charge is 2.33. The number of carbonyl (C=O) groups excluding carboxylic acids is 2. The number of likely N-dealkylation sites (N-methyl/N-ethyl adjacent to an activating group) is 1. The quantitative estimate of drug-likeness (QED) is 0.800. The van der Waals surface area contributed by atoms with E-state index in [9.17, 15) is 9.59 Å². The van der Waals surface area contributed by atoms with Crippen molar-refractivity contribution in [1.29, 1.82) is 0 Å². The number of fused-ring (bicyclic) bond motifs is 1. The van der Waals surface area contributed by atoms with Crippen molar-refractivity contribution in [2.45, 2.75) is 53.1 Å². The normalized spacial score (nSPS) is 16.2. The van der Waals surface area contributed by atoms with E-state index in [1.54, 1.807) is 16.6 Å². The third-order valence-corrected chi connectivity index (χ3v) is 5.34. The largest absolute Gasteiger partial charge is 0.346 e. The summed E-state index contributed by atoms with van der Waals surface area (Å²) >= 11 is 0. The van der Waals surface area contributed by atoms with E-state index in [1.807, 2.05) is 25.6 Å². The fourth-order valence-corrected chi connectivity index (χ4v) is 3.76. The van der Waals surface area contributed by atoms with E-state index in [0.29, 0.717) is 25.4 Å². The van der Waals surface area contributed by atoms with Gasteiger partial charge in [0.25, 0.3) is 11.8 Å². The van der Waals surface area contributed by atoms with Crippen LogP contribution in [0.15, 0.2) is 0 Å². The Hall–Kier alpha value is -2.71. The molecule has 152 valence electrons. The topological polar surface area (TPSA) is 97.9 Å². The third-order valence-electron chi connectivity index (χ3n) is 5.34. The first-order chi connectivity index (χ1) is 13.2. The number of aryl methyl sites for hydroxylation is 2. The fourth-order valence-electron chi connectivity index (χ4n) is 3.76. The Balaban J connectivity index is 1.71. The van der Waals surface area contributed by atoms with Crippen LogP contribution in [0.2, 0.25) is 0 Å². The molecule has 3 rings (SSSR count). The van der Waals surface area contributed by atoms with Gasteiger partial charge in [0.1, 0.15) is 0 Å². The predicted octanol–water partition coefficient (Wildman–Crippen LogP) is 1.10. The molecule has 0 aliphatic carbocycles. The molecule has 0 saturated carbocycles. The molecular formula is C19H29N7O2. The molecule has 0 aromatic carbocycles. The minimum absolute atomic E-state index is 0.0129. The molecule has 2 aromatic heterocycles. The number of nitrogens with one attached hydrogen (secondary N) is 1. The van der Waals surface area contributed by atoms with Crippen LogP contribution >= 0.6 is 0 Å². The second kappa shape index (κ2) is 7.73. The molecular weight excluding hydrogens is 358 g/mol. The summed E-state index contributed by atoms with van der Waals surface area (Å²) in [5.41, 5.74) is 3.57. The molecule has 1 atom stereocenters.